The van der Waals surface area contributed by atoms with Crippen LogP contribution in [0, 0.1) is 0 Å². The van der Waals surface area contributed by atoms with E-state index in [4.69, 9.17) is 4.42 Å². The molecule has 0 spiro atoms. The summed E-state index contributed by atoms with van der Waals surface area (Å²) in [4.78, 5) is 0. The number of nitrogens with zero attached hydrogens (tertiary/aromatic N) is 2. The standard InChI is InChI=1S/C13H19N3O/c1-4-5-12-11(9-16(3)15-12)10-6-7-17-13(10)8-14-2/h6-7,9,14H,4-5,8H2,1-3H3. The van der Waals surface area contributed by atoms with Crippen molar-refractivity contribution in [1.29, 1.82) is 0 Å². The Morgan fingerprint density at radius 2 is 2.24 bits per heavy atom. The third-order valence-corrected chi connectivity index (χ3v) is 2.77. The molecule has 0 saturated carbocycles. The maximum absolute atomic E-state index is 5.50. The number of hydrogen-bond acceptors (Lipinski definition) is 3. The first-order chi connectivity index (χ1) is 8.26. The Morgan fingerprint density at radius 1 is 1.41 bits per heavy atom. The Bertz CT molecular complexity index is 485. The topological polar surface area (TPSA) is 43.0 Å². The lowest BCUT2D eigenvalue weighted by molar-refractivity contribution is 0.496. The monoisotopic (exact) mass is 233 g/mol. The van der Waals surface area contributed by atoms with Gasteiger partial charge in [0.05, 0.1) is 18.5 Å². The van der Waals surface area contributed by atoms with E-state index in [1.54, 1.807) is 6.26 Å². The van der Waals surface area contributed by atoms with E-state index in [0.29, 0.717) is 0 Å². The molecule has 4 nitrogen and oxygen atoms in total. The summed E-state index contributed by atoms with van der Waals surface area (Å²) in [6, 6.07) is 2.02. The highest BCUT2D eigenvalue weighted by Crippen LogP contribution is 2.28. The van der Waals surface area contributed by atoms with Crippen LogP contribution < -0.4 is 5.32 Å². The van der Waals surface area contributed by atoms with Gasteiger partial charge in [-0.25, -0.2) is 0 Å². The van der Waals surface area contributed by atoms with E-state index in [1.165, 1.54) is 5.56 Å². The number of nitrogens with one attached hydrogen (secondary N) is 1. The van der Waals surface area contributed by atoms with E-state index in [0.717, 1.165) is 36.4 Å². The van der Waals surface area contributed by atoms with Crippen LogP contribution in [0.3, 0.4) is 0 Å². The van der Waals surface area contributed by atoms with Crippen molar-refractivity contribution < 1.29 is 4.42 Å². The molecular formula is C13H19N3O. The molecule has 0 aromatic carbocycles. The van der Waals surface area contributed by atoms with Gasteiger partial charge < -0.3 is 9.73 Å². The molecule has 0 unspecified atom stereocenters. The number of rotatable bonds is 5. The second kappa shape index (κ2) is 5.19. The summed E-state index contributed by atoms with van der Waals surface area (Å²) in [5.74, 6) is 0.970. The molecule has 1 N–H and O–H groups in total. The van der Waals surface area contributed by atoms with Crippen LogP contribution in [0.2, 0.25) is 0 Å². The second-order valence-electron chi connectivity index (χ2n) is 4.20. The molecule has 2 aromatic rings. The first-order valence-electron chi connectivity index (χ1n) is 6.00. The molecule has 2 heterocycles. The van der Waals surface area contributed by atoms with Crippen molar-refractivity contribution in [1.82, 2.24) is 15.1 Å². The molecule has 2 rings (SSSR count). The molecule has 0 radical (unpaired) electrons. The molecule has 0 aliphatic carbocycles. The normalized spacial score (nSPS) is 11.0. The minimum atomic E-state index is 0.739. The van der Waals surface area contributed by atoms with Gasteiger partial charge in [0.1, 0.15) is 5.76 Å². The molecule has 0 atom stereocenters. The second-order valence-corrected chi connectivity index (χ2v) is 4.20. The summed E-state index contributed by atoms with van der Waals surface area (Å²) >= 11 is 0. The third kappa shape index (κ3) is 2.42. The van der Waals surface area contributed by atoms with E-state index >= 15 is 0 Å². The first kappa shape index (κ1) is 11.9. The highest BCUT2D eigenvalue weighted by molar-refractivity contribution is 5.67. The van der Waals surface area contributed by atoms with Crippen LogP contribution in [-0.2, 0) is 20.0 Å². The smallest absolute Gasteiger partial charge is 0.125 e. The summed E-state index contributed by atoms with van der Waals surface area (Å²) in [5.41, 5.74) is 3.48. The molecule has 0 aliphatic heterocycles. The predicted octanol–water partition coefficient (Wildman–Crippen LogP) is 2.35. The summed E-state index contributed by atoms with van der Waals surface area (Å²) in [5, 5.41) is 7.63. The van der Waals surface area contributed by atoms with Crippen molar-refractivity contribution in [2.75, 3.05) is 7.05 Å². The lowest BCUT2D eigenvalue weighted by Crippen LogP contribution is -2.05. The fraction of sp³-hybridized carbons (Fsp3) is 0.462. The van der Waals surface area contributed by atoms with Gasteiger partial charge in [-0.3, -0.25) is 4.68 Å². The molecular weight excluding hydrogens is 214 g/mol. The van der Waals surface area contributed by atoms with Gasteiger partial charge in [0, 0.05) is 24.4 Å². The molecule has 4 heteroatoms. The first-order valence-corrected chi connectivity index (χ1v) is 6.00. The molecule has 0 amide bonds. The molecule has 2 aromatic heterocycles. The van der Waals surface area contributed by atoms with Gasteiger partial charge in [0.2, 0.25) is 0 Å². The van der Waals surface area contributed by atoms with Crippen LogP contribution in [0.15, 0.2) is 22.9 Å². The van der Waals surface area contributed by atoms with Crippen molar-refractivity contribution in [2.24, 2.45) is 7.05 Å². The molecule has 0 aliphatic rings. The van der Waals surface area contributed by atoms with Gasteiger partial charge in [-0.1, -0.05) is 13.3 Å². The van der Waals surface area contributed by atoms with Gasteiger partial charge in [-0.05, 0) is 19.5 Å². The van der Waals surface area contributed by atoms with Crippen LogP contribution in [0.25, 0.3) is 11.1 Å². The minimum absolute atomic E-state index is 0.739. The van der Waals surface area contributed by atoms with Crippen LogP contribution in [0.4, 0.5) is 0 Å². The summed E-state index contributed by atoms with van der Waals surface area (Å²) in [7, 11) is 3.88. The van der Waals surface area contributed by atoms with E-state index < -0.39 is 0 Å². The zero-order valence-electron chi connectivity index (χ0n) is 10.7. The fourth-order valence-corrected chi connectivity index (χ4v) is 2.06. The third-order valence-electron chi connectivity index (χ3n) is 2.77. The van der Waals surface area contributed by atoms with Crippen molar-refractivity contribution in [3.8, 4) is 11.1 Å². The van der Waals surface area contributed by atoms with Crippen LogP contribution in [0.5, 0.6) is 0 Å². The van der Waals surface area contributed by atoms with Crippen molar-refractivity contribution in [3.63, 3.8) is 0 Å². The molecule has 0 saturated heterocycles. The average molecular weight is 233 g/mol. The van der Waals surface area contributed by atoms with Gasteiger partial charge in [0.15, 0.2) is 0 Å². The Morgan fingerprint density at radius 3 is 2.94 bits per heavy atom. The SMILES string of the molecule is CCCc1nn(C)cc1-c1ccoc1CNC. The lowest BCUT2D eigenvalue weighted by Gasteiger charge is -2.02. The number of furan rings is 1. The van der Waals surface area contributed by atoms with Crippen molar-refractivity contribution in [2.45, 2.75) is 26.3 Å². The van der Waals surface area contributed by atoms with Crippen molar-refractivity contribution in [3.05, 3.63) is 30.0 Å². The predicted molar refractivity (Wildman–Crippen MR) is 67.7 cm³/mol. The van der Waals surface area contributed by atoms with Gasteiger partial charge in [-0.15, -0.1) is 0 Å². The zero-order valence-corrected chi connectivity index (χ0v) is 10.7. The van der Waals surface area contributed by atoms with Gasteiger partial charge >= 0.3 is 0 Å². The highest BCUT2D eigenvalue weighted by atomic mass is 16.3. The quantitative estimate of drug-likeness (QED) is 0.862. The maximum atomic E-state index is 5.50. The summed E-state index contributed by atoms with van der Waals surface area (Å²) in [6.07, 6.45) is 5.91. The number of aryl methyl sites for hydroxylation is 2. The van der Waals surface area contributed by atoms with Crippen LogP contribution >= 0.6 is 0 Å². The van der Waals surface area contributed by atoms with E-state index in [-0.39, 0.29) is 0 Å². The molecule has 92 valence electrons. The Hall–Kier alpha value is -1.55. The maximum Gasteiger partial charge on any atom is 0.125 e. The highest BCUT2D eigenvalue weighted by Gasteiger charge is 2.14. The summed E-state index contributed by atoms with van der Waals surface area (Å²) < 4.78 is 7.37. The molecule has 17 heavy (non-hydrogen) atoms. The van der Waals surface area contributed by atoms with Crippen LogP contribution in [0.1, 0.15) is 24.8 Å². The van der Waals surface area contributed by atoms with E-state index in [9.17, 15) is 0 Å². The van der Waals surface area contributed by atoms with Gasteiger partial charge in [-0.2, -0.15) is 5.10 Å². The van der Waals surface area contributed by atoms with Gasteiger partial charge in [0.25, 0.3) is 0 Å². The molecule has 0 fully saturated rings. The largest absolute Gasteiger partial charge is 0.467 e. The summed E-state index contributed by atoms with van der Waals surface area (Å²) in [6.45, 7) is 2.91. The fourth-order valence-electron chi connectivity index (χ4n) is 2.06. The Kier molecular flexibility index (Phi) is 3.64. The molecule has 0 bridgehead atoms. The lowest BCUT2D eigenvalue weighted by atomic mass is 10.0. The van der Waals surface area contributed by atoms with E-state index in [2.05, 4.69) is 23.5 Å². The number of aromatic nitrogens is 2. The van der Waals surface area contributed by atoms with E-state index in [1.807, 2.05) is 24.8 Å². The van der Waals surface area contributed by atoms with Crippen LogP contribution in [-0.4, -0.2) is 16.8 Å². The Balaban J connectivity index is 2.40. The zero-order chi connectivity index (χ0) is 12.3. The Labute approximate surface area is 102 Å². The minimum Gasteiger partial charge on any atom is -0.467 e. The number of hydrogen-bond donors (Lipinski definition) is 1. The van der Waals surface area contributed by atoms with Crippen molar-refractivity contribution >= 4 is 0 Å². The average Bonchev–Trinajstić information content (AvgIpc) is 2.86.